The third-order valence-corrected chi connectivity index (χ3v) is 7.56. The molecule has 0 spiro atoms. The summed E-state index contributed by atoms with van der Waals surface area (Å²) in [7, 11) is 0. The van der Waals surface area contributed by atoms with Crippen LogP contribution < -0.4 is 10.2 Å². The normalized spacial score (nSPS) is 24.9. The van der Waals surface area contributed by atoms with E-state index in [4.69, 9.17) is 0 Å². The van der Waals surface area contributed by atoms with Crippen molar-refractivity contribution in [2.24, 2.45) is 0 Å². The first kappa shape index (κ1) is 21.2. The molecular formula is C27H30N6O. The van der Waals surface area contributed by atoms with E-state index in [1.807, 2.05) is 12.1 Å². The monoisotopic (exact) mass is 454 g/mol. The second-order valence-corrected chi connectivity index (χ2v) is 9.73. The molecule has 4 aliphatic rings. The number of anilines is 1. The van der Waals surface area contributed by atoms with Crippen molar-refractivity contribution in [1.82, 2.24) is 20.1 Å². The highest BCUT2D eigenvalue weighted by Gasteiger charge is 2.37. The SMILES string of the molecule is C[C@@H]1CN(c2ccc(C#N)c3ncccc23)CC2=C3CC=C(N4CCNC[C@@H](O)C4)C=C3CN21. The van der Waals surface area contributed by atoms with Crippen LogP contribution in [-0.2, 0) is 0 Å². The molecule has 3 aliphatic heterocycles. The van der Waals surface area contributed by atoms with Gasteiger partial charge in [-0.1, -0.05) is 6.08 Å². The number of nitrogens with one attached hydrogen (secondary N) is 1. The predicted octanol–water partition coefficient (Wildman–Crippen LogP) is 2.36. The average Bonchev–Trinajstić information content (AvgIpc) is 3.09. The first-order chi connectivity index (χ1) is 16.6. The molecular weight excluding hydrogens is 424 g/mol. The number of fused-ring (bicyclic) bond motifs is 3. The Morgan fingerprint density at radius 1 is 1.18 bits per heavy atom. The number of pyridine rings is 1. The number of aliphatic hydroxyl groups excluding tert-OH is 1. The van der Waals surface area contributed by atoms with Crippen LogP contribution in [0.15, 0.2) is 65.2 Å². The maximum absolute atomic E-state index is 10.2. The minimum atomic E-state index is -0.332. The van der Waals surface area contributed by atoms with E-state index in [0.29, 0.717) is 24.7 Å². The Balaban J connectivity index is 1.31. The van der Waals surface area contributed by atoms with Crippen LogP contribution in [-0.4, -0.2) is 77.8 Å². The number of aromatic nitrogens is 1. The van der Waals surface area contributed by atoms with Gasteiger partial charge in [0.05, 0.1) is 23.7 Å². The summed E-state index contributed by atoms with van der Waals surface area (Å²) in [6, 6.07) is 10.7. The van der Waals surface area contributed by atoms with Crippen LogP contribution in [0.25, 0.3) is 10.9 Å². The zero-order chi connectivity index (χ0) is 23.2. The van der Waals surface area contributed by atoms with E-state index in [1.54, 1.807) is 6.20 Å². The van der Waals surface area contributed by atoms with Crippen molar-refractivity contribution in [3.63, 3.8) is 0 Å². The van der Waals surface area contributed by atoms with Gasteiger partial charge in [0.1, 0.15) is 6.07 Å². The smallest absolute Gasteiger partial charge is 0.101 e. The molecule has 4 heterocycles. The molecule has 2 saturated heterocycles. The lowest BCUT2D eigenvalue weighted by molar-refractivity contribution is 0.146. The Labute approximate surface area is 200 Å². The number of β-amino-alcohol motifs (C(OH)–C–C–N with tert-alkyl or cyclic N) is 1. The predicted molar refractivity (Wildman–Crippen MR) is 133 cm³/mol. The van der Waals surface area contributed by atoms with Crippen molar-refractivity contribution in [1.29, 1.82) is 5.26 Å². The maximum atomic E-state index is 10.2. The molecule has 2 N–H and O–H groups in total. The molecule has 1 aromatic carbocycles. The Morgan fingerprint density at radius 2 is 2.09 bits per heavy atom. The molecule has 2 atom stereocenters. The molecule has 34 heavy (non-hydrogen) atoms. The highest BCUT2D eigenvalue weighted by Crippen LogP contribution is 2.40. The van der Waals surface area contributed by atoms with Crippen LogP contribution in [0.5, 0.6) is 0 Å². The van der Waals surface area contributed by atoms with E-state index < -0.39 is 0 Å². The first-order valence-corrected chi connectivity index (χ1v) is 12.2. The van der Waals surface area contributed by atoms with Crippen molar-refractivity contribution in [2.45, 2.75) is 25.5 Å². The minimum Gasteiger partial charge on any atom is -0.390 e. The van der Waals surface area contributed by atoms with E-state index in [9.17, 15) is 10.4 Å². The highest BCUT2D eigenvalue weighted by atomic mass is 16.3. The van der Waals surface area contributed by atoms with E-state index in [-0.39, 0.29) is 6.10 Å². The van der Waals surface area contributed by atoms with Gasteiger partial charge in [-0.2, -0.15) is 5.26 Å². The summed E-state index contributed by atoms with van der Waals surface area (Å²) in [6.07, 6.45) is 7.04. The molecule has 0 unspecified atom stereocenters. The molecule has 2 aromatic rings. The molecule has 0 bridgehead atoms. The maximum Gasteiger partial charge on any atom is 0.101 e. The molecule has 7 nitrogen and oxygen atoms in total. The topological polar surface area (TPSA) is 78.7 Å². The summed E-state index contributed by atoms with van der Waals surface area (Å²) in [5.41, 5.74) is 8.08. The Kier molecular flexibility index (Phi) is 5.28. The van der Waals surface area contributed by atoms with Gasteiger partial charge in [0.2, 0.25) is 0 Å². The number of aliphatic hydroxyl groups is 1. The summed E-state index contributed by atoms with van der Waals surface area (Å²) in [6.45, 7) is 8.23. The van der Waals surface area contributed by atoms with Crippen LogP contribution in [0.2, 0.25) is 0 Å². The summed E-state index contributed by atoms with van der Waals surface area (Å²) < 4.78 is 0. The van der Waals surface area contributed by atoms with E-state index >= 15 is 0 Å². The van der Waals surface area contributed by atoms with Gasteiger partial charge < -0.3 is 25.1 Å². The quantitative estimate of drug-likeness (QED) is 0.721. The standard InChI is InChI=1S/C27H30N6O/c1-18-14-32(25-7-4-19(12-28)27-24(25)3-2-8-30-27)17-26-23-6-5-21(11-20(23)15-33(18)26)31-10-9-29-13-22(34)16-31/h2-5,7-8,11,18,22,29,34H,6,9-10,13-17H2,1H3/t18-,22-/m1/s1. The van der Waals surface area contributed by atoms with Crippen LogP contribution in [0.1, 0.15) is 18.9 Å². The molecule has 1 aromatic heterocycles. The number of nitriles is 1. The van der Waals surface area contributed by atoms with Crippen molar-refractivity contribution in [3.8, 4) is 6.07 Å². The van der Waals surface area contributed by atoms with Gasteiger partial charge in [0.15, 0.2) is 0 Å². The second-order valence-electron chi connectivity index (χ2n) is 9.73. The Hall–Kier alpha value is -3.34. The van der Waals surface area contributed by atoms with Crippen molar-refractivity contribution < 1.29 is 5.11 Å². The third-order valence-electron chi connectivity index (χ3n) is 7.56. The number of hydrogen-bond acceptors (Lipinski definition) is 7. The summed E-state index contributed by atoms with van der Waals surface area (Å²) >= 11 is 0. The molecule has 7 heteroatoms. The minimum absolute atomic E-state index is 0.332. The van der Waals surface area contributed by atoms with Crippen LogP contribution in [0, 0.1) is 11.3 Å². The van der Waals surface area contributed by atoms with Crippen molar-refractivity contribution in [3.05, 3.63) is 70.7 Å². The van der Waals surface area contributed by atoms with Gasteiger partial charge >= 0.3 is 0 Å². The van der Waals surface area contributed by atoms with Gasteiger partial charge in [-0.25, -0.2) is 0 Å². The number of nitrogens with zero attached hydrogens (tertiary/aromatic N) is 5. The molecule has 0 radical (unpaired) electrons. The zero-order valence-electron chi connectivity index (χ0n) is 19.5. The third kappa shape index (κ3) is 3.54. The highest BCUT2D eigenvalue weighted by molar-refractivity contribution is 5.95. The fraction of sp³-hybridized carbons (Fsp3) is 0.407. The molecule has 6 rings (SSSR count). The summed E-state index contributed by atoms with van der Waals surface area (Å²) in [5, 5.41) is 24.1. The fourth-order valence-electron chi connectivity index (χ4n) is 5.88. The summed E-state index contributed by atoms with van der Waals surface area (Å²) in [4.78, 5) is 11.8. The van der Waals surface area contributed by atoms with Gasteiger partial charge in [0.25, 0.3) is 0 Å². The van der Waals surface area contributed by atoms with Gasteiger partial charge in [-0.3, -0.25) is 4.98 Å². The van der Waals surface area contributed by atoms with Crippen LogP contribution in [0.3, 0.4) is 0 Å². The number of rotatable bonds is 2. The second kappa shape index (κ2) is 8.46. The van der Waals surface area contributed by atoms with E-state index in [1.165, 1.54) is 22.5 Å². The van der Waals surface area contributed by atoms with Crippen LogP contribution >= 0.6 is 0 Å². The lowest BCUT2D eigenvalue weighted by atomic mass is 9.96. The number of piperazine rings is 1. The molecule has 0 saturated carbocycles. The Morgan fingerprint density at radius 3 is 2.97 bits per heavy atom. The lowest BCUT2D eigenvalue weighted by Crippen LogP contribution is -2.49. The molecule has 2 fully saturated rings. The number of hydrogen-bond donors (Lipinski definition) is 2. The molecule has 0 amide bonds. The molecule has 174 valence electrons. The zero-order valence-corrected chi connectivity index (χ0v) is 19.5. The van der Waals surface area contributed by atoms with Gasteiger partial charge in [-0.15, -0.1) is 0 Å². The van der Waals surface area contributed by atoms with E-state index in [0.717, 1.165) is 55.7 Å². The van der Waals surface area contributed by atoms with Crippen LogP contribution in [0.4, 0.5) is 5.69 Å². The molecule has 1 aliphatic carbocycles. The van der Waals surface area contributed by atoms with Crippen molar-refractivity contribution >= 4 is 16.6 Å². The lowest BCUT2D eigenvalue weighted by Gasteiger charge is -2.42. The fourth-order valence-corrected chi connectivity index (χ4v) is 5.88. The number of benzene rings is 1. The number of allylic oxidation sites excluding steroid dienone is 2. The first-order valence-electron chi connectivity index (χ1n) is 12.2. The van der Waals surface area contributed by atoms with Gasteiger partial charge in [0, 0.05) is 74.0 Å². The largest absolute Gasteiger partial charge is 0.390 e. The van der Waals surface area contributed by atoms with Crippen molar-refractivity contribution in [2.75, 3.05) is 50.7 Å². The Bertz CT molecular complexity index is 1270. The van der Waals surface area contributed by atoms with E-state index in [2.05, 4.69) is 62.3 Å². The summed E-state index contributed by atoms with van der Waals surface area (Å²) in [5.74, 6) is 0. The van der Waals surface area contributed by atoms with Gasteiger partial charge in [-0.05, 0) is 54.8 Å². The average molecular weight is 455 g/mol.